The second-order valence-electron chi connectivity index (χ2n) is 5.46. The number of carbonyl (C=O) groups excluding carboxylic acids is 1. The first kappa shape index (κ1) is 15.1. The largest absolute Gasteiger partial charge is 0.493 e. The van der Waals surface area contributed by atoms with Crippen LogP contribution in [0.3, 0.4) is 0 Å². The zero-order valence-electron chi connectivity index (χ0n) is 13.5. The molecule has 0 unspecified atom stereocenters. The molecule has 1 aromatic carbocycles. The summed E-state index contributed by atoms with van der Waals surface area (Å²) < 4.78 is 7.11. The molecule has 1 amide bonds. The third-order valence-corrected chi connectivity index (χ3v) is 3.82. The van der Waals surface area contributed by atoms with Crippen LogP contribution in [0, 0.1) is 6.92 Å². The van der Waals surface area contributed by atoms with Crippen LogP contribution in [-0.4, -0.2) is 34.3 Å². The lowest BCUT2D eigenvalue weighted by molar-refractivity contribution is 0.0777. The molecule has 3 rings (SSSR count). The lowest BCUT2D eigenvalue weighted by Gasteiger charge is -2.17. The number of pyridine rings is 1. The van der Waals surface area contributed by atoms with Crippen LogP contribution < -0.4 is 4.74 Å². The molecule has 0 saturated heterocycles. The molecule has 0 atom stereocenters. The summed E-state index contributed by atoms with van der Waals surface area (Å²) >= 11 is 0. The molecular formula is C18H19N3O2. The van der Waals surface area contributed by atoms with E-state index in [0.717, 1.165) is 5.56 Å². The Hall–Kier alpha value is -2.82. The number of aromatic nitrogens is 2. The minimum absolute atomic E-state index is 0.0629. The van der Waals surface area contributed by atoms with E-state index in [2.05, 4.69) is 4.98 Å². The number of hydrogen-bond donors (Lipinski definition) is 0. The van der Waals surface area contributed by atoms with E-state index < -0.39 is 0 Å². The normalized spacial score (nSPS) is 10.7. The van der Waals surface area contributed by atoms with Crippen molar-refractivity contribution in [1.82, 2.24) is 14.3 Å². The van der Waals surface area contributed by atoms with Crippen molar-refractivity contribution in [3.8, 4) is 5.75 Å². The van der Waals surface area contributed by atoms with Gasteiger partial charge in [-0.1, -0.05) is 30.3 Å². The Labute approximate surface area is 135 Å². The second-order valence-corrected chi connectivity index (χ2v) is 5.46. The minimum atomic E-state index is -0.0629. The quantitative estimate of drug-likeness (QED) is 0.744. The van der Waals surface area contributed by atoms with Gasteiger partial charge in [0, 0.05) is 19.8 Å². The molecule has 0 radical (unpaired) electrons. The molecule has 0 N–H and O–H groups in total. The van der Waals surface area contributed by atoms with Crippen LogP contribution in [0.4, 0.5) is 0 Å². The van der Waals surface area contributed by atoms with E-state index >= 15 is 0 Å². The number of rotatable bonds is 4. The zero-order chi connectivity index (χ0) is 16.4. The van der Waals surface area contributed by atoms with Gasteiger partial charge in [0.1, 0.15) is 5.69 Å². The summed E-state index contributed by atoms with van der Waals surface area (Å²) in [4.78, 5) is 19.1. The molecule has 3 aromatic rings. The maximum Gasteiger partial charge on any atom is 0.272 e. The maximum absolute atomic E-state index is 12.9. The van der Waals surface area contributed by atoms with Gasteiger partial charge in [0.15, 0.2) is 11.4 Å². The summed E-state index contributed by atoms with van der Waals surface area (Å²) in [6.45, 7) is 2.40. The topological polar surface area (TPSA) is 46.8 Å². The minimum Gasteiger partial charge on any atom is -0.493 e. The van der Waals surface area contributed by atoms with Crippen LogP contribution in [0.15, 0.2) is 48.7 Å². The molecule has 0 bridgehead atoms. The highest BCUT2D eigenvalue weighted by Crippen LogP contribution is 2.22. The molecule has 0 saturated carbocycles. The Morgan fingerprint density at radius 3 is 2.65 bits per heavy atom. The predicted octanol–water partition coefficient (Wildman–Crippen LogP) is 2.92. The average molecular weight is 309 g/mol. The monoisotopic (exact) mass is 309 g/mol. The molecule has 0 aliphatic heterocycles. The van der Waals surface area contributed by atoms with Crippen molar-refractivity contribution in [2.75, 3.05) is 14.2 Å². The molecule has 5 nitrogen and oxygen atoms in total. The highest BCUT2D eigenvalue weighted by Gasteiger charge is 2.21. The first-order chi connectivity index (χ1) is 11.1. The maximum atomic E-state index is 12.9. The lowest BCUT2D eigenvalue weighted by Crippen LogP contribution is -2.28. The number of fused-ring (bicyclic) bond motifs is 1. The van der Waals surface area contributed by atoms with Crippen molar-refractivity contribution in [3.05, 3.63) is 65.6 Å². The Morgan fingerprint density at radius 2 is 1.96 bits per heavy atom. The molecule has 2 aromatic heterocycles. The standard InChI is InChI=1S/C18H19N3O2/c1-13-16(21-11-7-10-15(23-3)17(21)19-13)18(22)20(2)12-14-8-5-4-6-9-14/h4-11H,12H2,1-3H3. The van der Waals surface area contributed by atoms with Crippen LogP contribution in [0.5, 0.6) is 5.75 Å². The van der Waals surface area contributed by atoms with Crippen molar-refractivity contribution in [3.63, 3.8) is 0 Å². The van der Waals surface area contributed by atoms with Crippen molar-refractivity contribution >= 4 is 11.6 Å². The van der Waals surface area contributed by atoms with Gasteiger partial charge < -0.3 is 9.64 Å². The SMILES string of the molecule is COc1cccn2c(C(=O)N(C)Cc3ccccc3)c(C)nc12. The second kappa shape index (κ2) is 6.12. The molecule has 118 valence electrons. The summed E-state index contributed by atoms with van der Waals surface area (Å²) in [5.41, 5.74) is 3.01. The smallest absolute Gasteiger partial charge is 0.272 e. The number of carbonyl (C=O) groups is 1. The molecule has 2 heterocycles. The fourth-order valence-corrected chi connectivity index (χ4v) is 2.68. The highest BCUT2D eigenvalue weighted by atomic mass is 16.5. The van der Waals surface area contributed by atoms with Gasteiger partial charge in [-0.25, -0.2) is 4.98 Å². The van der Waals surface area contributed by atoms with E-state index in [1.807, 2.05) is 55.6 Å². The fraction of sp³-hybridized carbons (Fsp3) is 0.222. The van der Waals surface area contributed by atoms with E-state index in [1.54, 1.807) is 23.5 Å². The van der Waals surface area contributed by atoms with Crippen molar-refractivity contribution in [1.29, 1.82) is 0 Å². The number of imidazole rings is 1. The summed E-state index contributed by atoms with van der Waals surface area (Å²) in [5.74, 6) is 0.590. The Balaban J connectivity index is 1.96. The molecule has 0 spiro atoms. The molecule has 5 heteroatoms. The molecule has 23 heavy (non-hydrogen) atoms. The van der Waals surface area contributed by atoms with Gasteiger partial charge in [0.2, 0.25) is 0 Å². The fourth-order valence-electron chi connectivity index (χ4n) is 2.68. The number of methoxy groups -OCH3 is 1. The van der Waals surface area contributed by atoms with Crippen LogP contribution in [0.2, 0.25) is 0 Å². The number of aryl methyl sites for hydroxylation is 1. The van der Waals surface area contributed by atoms with Crippen LogP contribution in [-0.2, 0) is 6.54 Å². The predicted molar refractivity (Wildman–Crippen MR) is 88.7 cm³/mol. The first-order valence-electron chi connectivity index (χ1n) is 7.43. The van der Waals surface area contributed by atoms with Gasteiger partial charge >= 0.3 is 0 Å². The molecular weight excluding hydrogens is 290 g/mol. The number of hydrogen-bond acceptors (Lipinski definition) is 3. The van der Waals surface area contributed by atoms with Gasteiger partial charge in [-0.05, 0) is 24.6 Å². The van der Waals surface area contributed by atoms with E-state index in [1.165, 1.54) is 0 Å². The van der Waals surface area contributed by atoms with Gasteiger partial charge in [0.05, 0.1) is 12.8 Å². The Morgan fingerprint density at radius 1 is 1.22 bits per heavy atom. The third kappa shape index (κ3) is 2.77. The number of amides is 1. The van der Waals surface area contributed by atoms with Gasteiger partial charge in [-0.15, -0.1) is 0 Å². The van der Waals surface area contributed by atoms with Gasteiger partial charge in [-0.3, -0.25) is 9.20 Å². The van der Waals surface area contributed by atoms with Crippen molar-refractivity contribution in [2.24, 2.45) is 0 Å². The summed E-state index contributed by atoms with van der Waals surface area (Å²) in [5, 5.41) is 0. The van der Waals surface area contributed by atoms with Gasteiger partial charge in [0.25, 0.3) is 5.91 Å². The average Bonchev–Trinajstić information content (AvgIpc) is 2.90. The molecule has 0 fully saturated rings. The highest BCUT2D eigenvalue weighted by molar-refractivity contribution is 5.94. The molecule has 0 aliphatic carbocycles. The zero-order valence-corrected chi connectivity index (χ0v) is 13.5. The number of nitrogens with zero attached hydrogens (tertiary/aromatic N) is 3. The van der Waals surface area contributed by atoms with Crippen molar-refractivity contribution in [2.45, 2.75) is 13.5 Å². The lowest BCUT2D eigenvalue weighted by atomic mass is 10.2. The van der Waals surface area contributed by atoms with Crippen LogP contribution >= 0.6 is 0 Å². The summed E-state index contributed by atoms with van der Waals surface area (Å²) in [6, 6.07) is 13.6. The van der Waals surface area contributed by atoms with Crippen LogP contribution in [0.1, 0.15) is 21.7 Å². The van der Waals surface area contributed by atoms with E-state index in [-0.39, 0.29) is 5.91 Å². The third-order valence-electron chi connectivity index (χ3n) is 3.82. The van der Waals surface area contributed by atoms with Crippen molar-refractivity contribution < 1.29 is 9.53 Å². The van der Waals surface area contributed by atoms with E-state index in [4.69, 9.17) is 4.74 Å². The first-order valence-corrected chi connectivity index (χ1v) is 7.43. The van der Waals surface area contributed by atoms with E-state index in [9.17, 15) is 4.79 Å². The summed E-state index contributed by atoms with van der Waals surface area (Å²) in [6.07, 6.45) is 1.83. The summed E-state index contributed by atoms with van der Waals surface area (Å²) in [7, 11) is 3.40. The van der Waals surface area contributed by atoms with Crippen LogP contribution in [0.25, 0.3) is 5.65 Å². The van der Waals surface area contributed by atoms with E-state index in [0.29, 0.717) is 29.3 Å². The number of benzene rings is 1. The van der Waals surface area contributed by atoms with Gasteiger partial charge in [-0.2, -0.15) is 0 Å². The Bertz CT molecular complexity index is 840. The Kier molecular flexibility index (Phi) is 4.02. The number of ether oxygens (including phenoxy) is 1. The molecule has 0 aliphatic rings.